The van der Waals surface area contributed by atoms with Crippen molar-refractivity contribution in [2.24, 2.45) is 16.2 Å². The zero-order valence-corrected chi connectivity index (χ0v) is 24.4. The summed E-state index contributed by atoms with van der Waals surface area (Å²) in [7, 11) is 0. The summed E-state index contributed by atoms with van der Waals surface area (Å²) in [6.07, 6.45) is 9.59. The van der Waals surface area contributed by atoms with Crippen molar-refractivity contribution in [3.63, 3.8) is 0 Å². The van der Waals surface area contributed by atoms with E-state index in [-0.39, 0.29) is 40.0 Å². The molecule has 2 heterocycles. The predicted molar refractivity (Wildman–Crippen MR) is 149 cm³/mol. The van der Waals surface area contributed by atoms with Gasteiger partial charge in [-0.1, -0.05) is 38.4 Å². The fourth-order valence-electron chi connectivity index (χ4n) is 9.98. The number of nitrogens with one attached hydrogen (secondary N) is 2. The number of aromatic nitrogens is 2. The molecule has 0 spiro atoms. The Hall–Kier alpha value is -1.92. The van der Waals surface area contributed by atoms with Gasteiger partial charge in [0.2, 0.25) is 5.91 Å². The molecule has 1 aromatic carbocycles. The van der Waals surface area contributed by atoms with E-state index in [1.807, 2.05) is 23.0 Å². The lowest BCUT2D eigenvalue weighted by atomic mass is 9.38. The van der Waals surface area contributed by atoms with Gasteiger partial charge in [-0.2, -0.15) is 5.10 Å². The van der Waals surface area contributed by atoms with Gasteiger partial charge in [0.25, 0.3) is 0 Å². The number of hydrogen-bond donors (Lipinski definition) is 2. The van der Waals surface area contributed by atoms with E-state index in [1.54, 1.807) is 6.07 Å². The number of halogens is 2. The predicted octanol–water partition coefficient (Wildman–Crippen LogP) is 6.87. The van der Waals surface area contributed by atoms with E-state index in [0.717, 1.165) is 30.5 Å². The SMILES string of the molecule is CC12CC3(C)CC(C)(C1)CC(NC(=O)[C@@H]1C[C@H](c4ccn(C(C)(C)C)n4)[C@H](c4ccc(Cl)c(F)c4)N1)(C2)C3. The van der Waals surface area contributed by atoms with Crippen molar-refractivity contribution in [2.45, 2.75) is 116 Å². The van der Waals surface area contributed by atoms with Gasteiger partial charge in [-0.3, -0.25) is 14.8 Å². The van der Waals surface area contributed by atoms with E-state index >= 15 is 0 Å². The Labute approximate surface area is 231 Å². The molecule has 4 saturated carbocycles. The molecule has 1 saturated heterocycles. The van der Waals surface area contributed by atoms with Crippen molar-refractivity contribution in [1.29, 1.82) is 0 Å². The van der Waals surface area contributed by atoms with Gasteiger partial charge in [-0.15, -0.1) is 0 Å². The largest absolute Gasteiger partial charge is 0.349 e. The first-order valence-electron chi connectivity index (χ1n) is 14.2. The summed E-state index contributed by atoms with van der Waals surface area (Å²) < 4.78 is 16.5. The summed E-state index contributed by atoms with van der Waals surface area (Å²) in [4.78, 5) is 14.0. The third kappa shape index (κ3) is 4.50. The number of nitrogens with zero attached hydrogens (tertiary/aromatic N) is 2. The van der Waals surface area contributed by atoms with Crippen LogP contribution in [0, 0.1) is 22.1 Å². The Morgan fingerprint density at radius 3 is 2.18 bits per heavy atom. The summed E-state index contributed by atoms with van der Waals surface area (Å²) in [5.74, 6) is -0.431. The lowest BCUT2D eigenvalue weighted by Gasteiger charge is -2.69. The molecule has 3 atom stereocenters. The molecule has 5 nitrogen and oxygen atoms in total. The Morgan fingerprint density at radius 2 is 1.66 bits per heavy atom. The number of carbonyl (C=O) groups is 1. The van der Waals surface area contributed by atoms with Crippen molar-refractivity contribution >= 4 is 17.5 Å². The van der Waals surface area contributed by atoms with Crippen molar-refractivity contribution in [3.8, 4) is 0 Å². The highest BCUT2D eigenvalue weighted by Crippen LogP contribution is 2.70. The number of benzene rings is 1. The van der Waals surface area contributed by atoms with Gasteiger partial charge in [-0.25, -0.2) is 4.39 Å². The lowest BCUT2D eigenvalue weighted by Crippen LogP contribution is -2.68. The first kappa shape index (κ1) is 26.3. The highest BCUT2D eigenvalue weighted by molar-refractivity contribution is 6.30. The quantitative estimate of drug-likeness (QED) is 0.444. The Bertz CT molecular complexity index is 1230. The number of rotatable bonds is 4. The molecule has 2 aromatic rings. The zero-order chi connectivity index (χ0) is 27.3. The number of amides is 1. The van der Waals surface area contributed by atoms with Crippen LogP contribution in [0.15, 0.2) is 30.5 Å². The van der Waals surface area contributed by atoms with Gasteiger partial charge in [0.1, 0.15) is 5.82 Å². The van der Waals surface area contributed by atoms with Crippen LogP contribution < -0.4 is 10.6 Å². The van der Waals surface area contributed by atoms with Crippen LogP contribution in [-0.2, 0) is 10.3 Å². The van der Waals surface area contributed by atoms with Crippen molar-refractivity contribution < 1.29 is 9.18 Å². The molecule has 4 aliphatic carbocycles. The molecule has 1 aliphatic heterocycles. The molecular weight excluding hydrogens is 499 g/mol. The highest BCUT2D eigenvalue weighted by atomic mass is 35.5. The van der Waals surface area contributed by atoms with E-state index in [0.29, 0.717) is 22.7 Å². The standard InChI is InChI=1S/C31H42ClFN4O/c1-27(2,3)37-10-9-23(36-37)20-12-24(34-25(20)19-7-8-21(32)22(33)11-19)26(38)35-31-16-28(4)13-29(5,17-31)15-30(6,14-28)18-31/h7-11,20,24-25,34H,12-18H2,1-6H3,(H,35,38)/t20-,24+,25+,28?,29?,30?,31?/m1/s1. The van der Waals surface area contributed by atoms with E-state index in [9.17, 15) is 9.18 Å². The minimum absolute atomic E-state index is 0.0566. The maximum Gasteiger partial charge on any atom is 0.237 e. The smallest absolute Gasteiger partial charge is 0.237 e. The Balaban J connectivity index is 1.28. The summed E-state index contributed by atoms with van der Waals surface area (Å²) >= 11 is 6.00. The van der Waals surface area contributed by atoms with Crippen molar-refractivity contribution in [2.75, 3.05) is 0 Å². The number of carbonyl (C=O) groups excluding carboxylic acids is 1. The van der Waals surface area contributed by atoms with E-state index in [1.165, 1.54) is 25.3 Å². The monoisotopic (exact) mass is 540 g/mol. The molecule has 0 radical (unpaired) electrons. The minimum atomic E-state index is -0.443. The van der Waals surface area contributed by atoms with Gasteiger partial charge in [-0.05, 0) is 106 Å². The maximum absolute atomic E-state index is 14.5. The van der Waals surface area contributed by atoms with Crippen LogP contribution in [0.4, 0.5) is 4.39 Å². The average Bonchev–Trinajstić information content (AvgIpc) is 3.39. The topological polar surface area (TPSA) is 59.0 Å². The molecule has 1 amide bonds. The summed E-state index contributed by atoms with van der Waals surface area (Å²) in [6.45, 7) is 13.6. The molecule has 5 aliphatic rings. The van der Waals surface area contributed by atoms with Crippen LogP contribution in [0.1, 0.15) is 110 Å². The molecule has 5 fully saturated rings. The summed E-state index contributed by atoms with van der Waals surface area (Å²) in [5, 5.41) is 12.2. The average molecular weight is 541 g/mol. The van der Waals surface area contributed by atoms with Crippen molar-refractivity contribution in [1.82, 2.24) is 20.4 Å². The van der Waals surface area contributed by atoms with E-state index < -0.39 is 5.82 Å². The summed E-state index contributed by atoms with van der Waals surface area (Å²) in [6, 6.07) is 6.39. The van der Waals surface area contributed by atoms with Gasteiger partial charge in [0.05, 0.1) is 22.3 Å². The van der Waals surface area contributed by atoms with Crippen molar-refractivity contribution in [3.05, 3.63) is 52.6 Å². The van der Waals surface area contributed by atoms with E-state index in [4.69, 9.17) is 16.7 Å². The second kappa shape index (κ2) is 8.30. The molecule has 206 valence electrons. The fourth-order valence-corrected chi connectivity index (χ4v) is 10.1. The zero-order valence-electron chi connectivity index (χ0n) is 23.6. The number of hydrogen-bond acceptors (Lipinski definition) is 3. The van der Waals surface area contributed by atoms with Crippen LogP contribution in [0.2, 0.25) is 5.02 Å². The van der Waals surface area contributed by atoms with Gasteiger partial charge < -0.3 is 5.32 Å². The Kier molecular flexibility index (Phi) is 5.74. The van der Waals surface area contributed by atoms with E-state index in [2.05, 4.69) is 52.2 Å². The van der Waals surface area contributed by atoms with Crippen LogP contribution in [0.5, 0.6) is 0 Å². The van der Waals surface area contributed by atoms with Crippen LogP contribution in [0.25, 0.3) is 0 Å². The molecule has 38 heavy (non-hydrogen) atoms. The minimum Gasteiger partial charge on any atom is -0.349 e. The van der Waals surface area contributed by atoms with Gasteiger partial charge >= 0.3 is 0 Å². The normalized spacial score (nSPS) is 40.1. The van der Waals surface area contributed by atoms with Crippen LogP contribution in [0.3, 0.4) is 0 Å². The van der Waals surface area contributed by atoms with Gasteiger partial charge in [0, 0.05) is 23.7 Å². The first-order chi connectivity index (χ1) is 17.6. The molecule has 7 rings (SSSR count). The van der Waals surface area contributed by atoms with Crippen LogP contribution in [-0.4, -0.2) is 27.3 Å². The fraction of sp³-hybridized carbons (Fsp3) is 0.677. The third-order valence-electron chi connectivity index (χ3n) is 9.81. The maximum atomic E-state index is 14.5. The lowest BCUT2D eigenvalue weighted by molar-refractivity contribution is -0.164. The van der Waals surface area contributed by atoms with Gasteiger partial charge in [0.15, 0.2) is 0 Å². The molecule has 1 aromatic heterocycles. The molecule has 7 heteroatoms. The Morgan fingerprint density at radius 1 is 1.05 bits per heavy atom. The third-order valence-corrected chi connectivity index (χ3v) is 10.1. The first-order valence-corrected chi connectivity index (χ1v) is 14.6. The molecule has 0 unspecified atom stereocenters. The molecule has 4 bridgehead atoms. The highest BCUT2D eigenvalue weighted by Gasteiger charge is 2.64. The second-order valence-corrected chi connectivity index (χ2v) is 15.7. The molecular formula is C31H42ClFN4O. The molecule has 2 N–H and O–H groups in total. The second-order valence-electron chi connectivity index (χ2n) is 15.3. The summed E-state index contributed by atoms with van der Waals surface area (Å²) in [5.41, 5.74) is 2.30. The van der Waals surface area contributed by atoms with Crippen LogP contribution >= 0.6 is 11.6 Å².